The zero-order chi connectivity index (χ0) is 17.1. The largest absolute Gasteiger partial charge is 0.482 e. The minimum Gasteiger partial charge on any atom is -0.482 e. The number of aliphatic carboxylic acids is 1. The summed E-state index contributed by atoms with van der Waals surface area (Å²) in [6.45, 7) is 1.60. The van der Waals surface area contributed by atoms with Crippen molar-refractivity contribution in [2.45, 2.75) is 32.2 Å². The number of benzene rings is 1. The van der Waals surface area contributed by atoms with Crippen molar-refractivity contribution < 1.29 is 19.4 Å². The predicted molar refractivity (Wildman–Crippen MR) is 89.6 cm³/mol. The van der Waals surface area contributed by atoms with Gasteiger partial charge in [0.1, 0.15) is 5.75 Å². The number of allylic oxidation sites excluding steroid dienone is 2. The molecule has 4 atom stereocenters. The summed E-state index contributed by atoms with van der Waals surface area (Å²) in [5.41, 5.74) is 0.975. The van der Waals surface area contributed by atoms with E-state index in [1.807, 2.05) is 19.1 Å². The van der Waals surface area contributed by atoms with Crippen molar-refractivity contribution in [3.63, 3.8) is 0 Å². The molecule has 24 heavy (non-hydrogen) atoms. The van der Waals surface area contributed by atoms with Crippen LogP contribution in [0.25, 0.3) is 0 Å². The number of amides is 1. The van der Waals surface area contributed by atoms with Gasteiger partial charge in [0.05, 0.1) is 6.04 Å². The molecule has 0 radical (unpaired) electrons. The van der Waals surface area contributed by atoms with E-state index in [4.69, 9.17) is 9.84 Å². The summed E-state index contributed by atoms with van der Waals surface area (Å²) in [7, 11) is 0. The Morgan fingerprint density at radius 3 is 2.54 bits per heavy atom. The average molecular weight is 329 g/mol. The smallest absolute Gasteiger partial charge is 0.341 e. The van der Waals surface area contributed by atoms with Crippen LogP contribution >= 0.6 is 0 Å². The van der Waals surface area contributed by atoms with E-state index in [-0.39, 0.29) is 24.5 Å². The Hall–Kier alpha value is -2.30. The van der Waals surface area contributed by atoms with Crippen LogP contribution in [-0.2, 0) is 9.59 Å². The fourth-order valence-corrected chi connectivity index (χ4v) is 3.63. The van der Waals surface area contributed by atoms with Crippen LogP contribution in [0.5, 0.6) is 5.75 Å². The first-order valence-corrected chi connectivity index (χ1v) is 8.46. The van der Waals surface area contributed by atoms with Crippen LogP contribution < -0.4 is 10.1 Å². The number of ether oxygens (including phenoxy) is 1. The summed E-state index contributed by atoms with van der Waals surface area (Å²) < 4.78 is 5.12. The molecule has 2 N–H and O–H groups in total. The fourth-order valence-electron chi connectivity index (χ4n) is 3.63. The summed E-state index contributed by atoms with van der Waals surface area (Å²) in [5, 5.41) is 11.7. The zero-order valence-electron chi connectivity index (χ0n) is 13.8. The van der Waals surface area contributed by atoms with Gasteiger partial charge < -0.3 is 15.2 Å². The van der Waals surface area contributed by atoms with E-state index < -0.39 is 5.97 Å². The fraction of sp³-hybridized carbons (Fsp3) is 0.474. The van der Waals surface area contributed by atoms with Gasteiger partial charge >= 0.3 is 5.97 Å². The molecular formula is C19H23NO4. The standard InChI is InChI=1S/C19H23NO4/c1-12(14-6-8-16(9-7-14)24-11-18(21)22)20-19(23)17-10-13-2-4-15(17)5-3-13/h2,4,6-9,12-13,15,17H,3,5,10-11H2,1H3,(H,20,23)(H,21,22)/t12?,13-,15+,17-/m1/s1. The minimum absolute atomic E-state index is 0.0875. The van der Waals surface area contributed by atoms with Crippen molar-refractivity contribution in [2.75, 3.05) is 6.61 Å². The lowest BCUT2D eigenvalue weighted by Crippen LogP contribution is -2.40. The second-order valence-electron chi connectivity index (χ2n) is 6.71. The van der Waals surface area contributed by atoms with Crippen LogP contribution in [0.4, 0.5) is 0 Å². The van der Waals surface area contributed by atoms with E-state index in [0.29, 0.717) is 17.6 Å². The molecule has 0 aliphatic heterocycles. The third-order valence-electron chi connectivity index (χ3n) is 5.01. The topological polar surface area (TPSA) is 75.6 Å². The van der Waals surface area contributed by atoms with Crippen molar-refractivity contribution >= 4 is 11.9 Å². The third kappa shape index (κ3) is 3.78. The van der Waals surface area contributed by atoms with Crippen molar-refractivity contribution in [2.24, 2.45) is 17.8 Å². The molecule has 1 aromatic rings. The van der Waals surface area contributed by atoms with Gasteiger partial charge in [0.15, 0.2) is 6.61 Å². The van der Waals surface area contributed by atoms with Crippen LogP contribution in [0, 0.1) is 17.8 Å². The molecule has 1 saturated carbocycles. The monoisotopic (exact) mass is 329 g/mol. The van der Waals surface area contributed by atoms with Crippen LogP contribution in [0.3, 0.4) is 0 Å². The lowest BCUT2D eigenvalue weighted by Gasteiger charge is -2.37. The van der Waals surface area contributed by atoms with Gasteiger partial charge in [-0.15, -0.1) is 0 Å². The molecule has 1 amide bonds. The molecule has 0 spiro atoms. The summed E-state index contributed by atoms with van der Waals surface area (Å²) in [6.07, 6.45) is 7.75. The lowest BCUT2D eigenvalue weighted by atomic mass is 9.69. The molecular weight excluding hydrogens is 306 g/mol. The number of carbonyl (C=O) groups excluding carboxylic acids is 1. The van der Waals surface area contributed by atoms with Crippen molar-refractivity contribution in [3.8, 4) is 5.75 Å². The first kappa shape index (κ1) is 16.6. The SMILES string of the molecule is CC(NC(=O)[C@@H]1C[C@@H]2C=C[C@H]1CC2)c1ccc(OCC(=O)O)cc1. The molecule has 1 fully saturated rings. The van der Waals surface area contributed by atoms with Gasteiger partial charge in [0, 0.05) is 5.92 Å². The van der Waals surface area contributed by atoms with E-state index in [1.165, 1.54) is 6.42 Å². The van der Waals surface area contributed by atoms with Crippen molar-refractivity contribution in [1.29, 1.82) is 0 Å². The molecule has 2 bridgehead atoms. The Kier molecular flexibility index (Phi) is 4.88. The maximum Gasteiger partial charge on any atom is 0.341 e. The maximum atomic E-state index is 12.6. The molecule has 128 valence electrons. The lowest BCUT2D eigenvalue weighted by molar-refractivity contribution is -0.139. The molecule has 0 saturated heterocycles. The molecule has 1 aromatic carbocycles. The molecule has 4 rings (SSSR count). The van der Waals surface area contributed by atoms with Gasteiger partial charge in [-0.05, 0) is 55.7 Å². The number of fused-ring (bicyclic) bond motifs is 2. The molecule has 0 aromatic heterocycles. The van der Waals surface area contributed by atoms with Gasteiger partial charge in [-0.2, -0.15) is 0 Å². The van der Waals surface area contributed by atoms with E-state index in [9.17, 15) is 9.59 Å². The van der Waals surface area contributed by atoms with Gasteiger partial charge in [-0.1, -0.05) is 24.3 Å². The highest BCUT2D eigenvalue weighted by atomic mass is 16.5. The van der Waals surface area contributed by atoms with Crippen LogP contribution in [0.2, 0.25) is 0 Å². The quantitative estimate of drug-likeness (QED) is 0.787. The van der Waals surface area contributed by atoms with E-state index in [0.717, 1.165) is 18.4 Å². The van der Waals surface area contributed by atoms with Gasteiger partial charge in [0.25, 0.3) is 0 Å². The van der Waals surface area contributed by atoms with Crippen LogP contribution in [-0.4, -0.2) is 23.6 Å². The Morgan fingerprint density at radius 1 is 1.25 bits per heavy atom. The van der Waals surface area contributed by atoms with Gasteiger partial charge in [-0.25, -0.2) is 4.79 Å². The summed E-state index contributed by atoms with van der Waals surface area (Å²) in [5.74, 6) is 0.674. The van der Waals surface area contributed by atoms with Crippen LogP contribution in [0.1, 0.15) is 37.8 Å². The maximum absolute atomic E-state index is 12.6. The first-order chi connectivity index (χ1) is 11.5. The number of carboxylic acid groups (broad SMARTS) is 1. The number of nitrogens with one attached hydrogen (secondary N) is 1. The highest BCUT2D eigenvalue weighted by Crippen LogP contribution is 2.40. The normalized spacial score (nSPS) is 26.0. The second-order valence-corrected chi connectivity index (χ2v) is 6.71. The predicted octanol–water partition coefficient (Wildman–Crippen LogP) is 2.93. The Morgan fingerprint density at radius 2 is 2.00 bits per heavy atom. The first-order valence-electron chi connectivity index (χ1n) is 8.46. The number of hydrogen-bond donors (Lipinski definition) is 2. The molecule has 3 aliphatic rings. The van der Waals surface area contributed by atoms with Crippen molar-refractivity contribution in [1.82, 2.24) is 5.32 Å². The van der Waals surface area contributed by atoms with Crippen LogP contribution in [0.15, 0.2) is 36.4 Å². The second kappa shape index (κ2) is 7.07. The van der Waals surface area contributed by atoms with Gasteiger partial charge in [0.2, 0.25) is 5.91 Å². The zero-order valence-corrected chi connectivity index (χ0v) is 13.8. The third-order valence-corrected chi connectivity index (χ3v) is 5.01. The Balaban J connectivity index is 1.56. The summed E-state index contributed by atoms with van der Waals surface area (Å²) in [4.78, 5) is 23.1. The number of carboxylic acids is 1. The Bertz CT molecular complexity index is 637. The van der Waals surface area contributed by atoms with E-state index in [1.54, 1.807) is 12.1 Å². The number of rotatable bonds is 6. The van der Waals surface area contributed by atoms with E-state index in [2.05, 4.69) is 17.5 Å². The minimum atomic E-state index is -1.00. The molecule has 3 aliphatic carbocycles. The average Bonchev–Trinajstić information content (AvgIpc) is 2.61. The Labute approximate surface area is 141 Å². The van der Waals surface area contributed by atoms with Crippen molar-refractivity contribution in [3.05, 3.63) is 42.0 Å². The summed E-state index contributed by atoms with van der Waals surface area (Å²) >= 11 is 0. The van der Waals surface area contributed by atoms with E-state index >= 15 is 0 Å². The van der Waals surface area contributed by atoms with Gasteiger partial charge in [-0.3, -0.25) is 4.79 Å². The highest BCUT2D eigenvalue weighted by Gasteiger charge is 2.36. The number of carbonyl (C=O) groups is 2. The molecule has 1 unspecified atom stereocenters. The highest BCUT2D eigenvalue weighted by molar-refractivity contribution is 5.80. The molecule has 5 nitrogen and oxygen atoms in total. The molecule has 5 heteroatoms. The molecule has 0 heterocycles. The number of hydrogen-bond acceptors (Lipinski definition) is 3. The summed E-state index contributed by atoms with van der Waals surface area (Å²) in [6, 6.07) is 7.08.